The fraction of sp³-hybridized carbons (Fsp3) is 0.217. The fourth-order valence-corrected chi connectivity index (χ4v) is 4.58. The van der Waals surface area contributed by atoms with Gasteiger partial charge in [-0.25, -0.2) is 4.79 Å². The lowest BCUT2D eigenvalue weighted by Crippen LogP contribution is -2.36. The first-order valence-electron chi connectivity index (χ1n) is 10.3. The highest BCUT2D eigenvalue weighted by atomic mass is 79.9. The first-order valence-corrected chi connectivity index (χ1v) is 11.0. The molecule has 2 heterocycles. The maximum absolute atomic E-state index is 13.2. The summed E-state index contributed by atoms with van der Waals surface area (Å²) in [5, 5.41) is 32.7. The lowest BCUT2D eigenvalue weighted by molar-refractivity contribution is -0.384. The molecular weight excluding hydrogens is 508 g/mol. The SMILES string of the molecule is Cn1c(=O)c2c(-c3ccccc3Br)n(C(CO)C(O)c3ccc([N+](=O)[O-])cc3)cc2n(C)c1=O. The fourth-order valence-electron chi connectivity index (χ4n) is 4.10. The quantitative estimate of drug-likeness (QED) is 0.292. The van der Waals surface area contributed by atoms with Crippen molar-refractivity contribution in [2.45, 2.75) is 12.1 Å². The van der Waals surface area contributed by atoms with Crippen LogP contribution < -0.4 is 11.2 Å². The predicted octanol–water partition coefficient (Wildman–Crippen LogP) is 2.64. The third kappa shape index (κ3) is 3.77. The van der Waals surface area contributed by atoms with E-state index in [0.29, 0.717) is 26.8 Å². The number of hydrogen-bond acceptors (Lipinski definition) is 6. The standard InChI is InChI=1S/C23H21BrN4O6/c1-25-17-11-27(18(12-29)21(30)13-7-9-14(10-8-13)28(33)34)20(15-5-3-4-6-16(15)24)19(17)22(31)26(2)23(25)32/h3-11,18,21,29-30H,12H2,1-2H3. The number of halogens is 1. The average molecular weight is 529 g/mol. The molecule has 0 saturated heterocycles. The molecule has 2 atom stereocenters. The molecule has 0 spiro atoms. The summed E-state index contributed by atoms with van der Waals surface area (Å²) in [5.74, 6) is 0. The highest BCUT2D eigenvalue weighted by Gasteiger charge is 2.29. The Kier molecular flexibility index (Phi) is 6.26. The van der Waals surface area contributed by atoms with Crippen LogP contribution in [0, 0.1) is 10.1 Å². The van der Waals surface area contributed by atoms with Gasteiger partial charge in [-0.3, -0.25) is 24.0 Å². The number of nitro benzene ring substituents is 1. The van der Waals surface area contributed by atoms with Crippen molar-refractivity contribution in [3.63, 3.8) is 0 Å². The van der Waals surface area contributed by atoms with Crippen molar-refractivity contribution in [3.8, 4) is 11.3 Å². The third-order valence-corrected chi connectivity index (χ3v) is 6.64. The van der Waals surface area contributed by atoms with Crippen LogP contribution in [0.25, 0.3) is 22.2 Å². The summed E-state index contributed by atoms with van der Waals surface area (Å²) in [5.41, 5.74) is 0.585. The van der Waals surface area contributed by atoms with E-state index in [1.54, 1.807) is 36.0 Å². The average Bonchev–Trinajstić information content (AvgIpc) is 3.22. The molecule has 0 aliphatic heterocycles. The number of aliphatic hydroxyl groups is 2. The van der Waals surface area contributed by atoms with Crippen LogP contribution in [0.2, 0.25) is 0 Å². The predicted molar refractivity (Wildman–Crippen MR) is 130 cm³/mol. The Labute approximate surface area is 201 Å². The molecule has 2 aromatic heterocycles. The topological polar surface area (TPSA) is 133 Å². The monoisotopic (exact) mass is 528 g/mol. The minimum absolute atomic E-state index is 0.129. The van der Waals surface area contributed by atoms with E-state index < -0.39 is 34.9 Å². The molecule has 0 aliphatic rings. The van der Waals surface area contributed by atoms with Crippen molar-refractivity contribution in [2.75, 3.05) is 6.61 Å². The van der Waals surface area contributed by atoms with E-state index in [-0.39, 0.29) is 11.1 Å². The van der Waals surface area contributed by atoms with Crippen LogP contribution in [-0.4, -0.2) is 35.4 Å². The van der Waals surface area contributed by atoms with Gasteiger partial charge in [0.2, 0.25) is 0 Å². The van der Waals surface area contributed by atoms with Gasteiger partial charge in [0.25, 0.3) is 11.2 Å². The zero-order valence-electron chi connectivity index (χ0n) is 18.3. The third-order valence-electron chi connectivity index (χ3n) is 5.95. The zero-order valence-corrected chi connectivity index (χ0v) is 19.8. The van der Waals surface area contributed by atoms with E-state index in [4.69, 9.17) is 0 Å². The molecule has 0 aliphatic carbocycles. The Morgan fingerprint density at radius 1 is 1.06 bits per heavy atom. The molecule has 11 heteroatoms. The van der Waals surface area contributed by atoms with Crippen LogP contribution in [-0.2, 0) is 14.1 Å². The number of nitrogens with zero attached hydrogens (tertiary/aromatic N) is 4. The van der Waals surface area contributed by atoms with E-state index in [1.165, 1.54) is 35.9 Å². The Hall–Kier alpha value is -3.54. The van der Waals surface area contributed by atoms with Gasteiger partial charge in [-0.1, -0.05) is 34.1 Å². The lowest BCUT2D eigenvalue weighted by atomic mass is 10.0. The second-order valence-electron chi connectivity index (χ2n) is 7.87. The van der Waals surface area contributed by atoms with E-state index in [1.807, 2.05) is 6.07 Å². The van der Waals surface area contributed by atoms with Crippen molar-refractivity contribution >= 4 is 32.5 Å². The molecule has 4 rings (SSSR count). The van der Waals surface area contributed by atoms with E-state index in [0.717, 1.165) is 4.57 Å². The number of nitro groups is 1. The first kappa shape index (κ1) is 23.6. The van der Waals surface area contributed by atoms with Crippen molar-refractivity contribution in [3.05, 3.63) is 95.7 Å². The Morgan fingerprint density at radius 2 is 1.71 bits per heavy atom. The van der Waals surface area contributed by atoms with Crippen LogP contribution >= 0.6 is 15.9 Å². The largest absolute Gasteiger partial charge is 0.394 e. The van der Waals surface area contributed by atoms with Crippen molar-refractivity contribution < 1.29 is 15.1 Å². The Balaban J connectivity index is 2.01. The van der Waals surface area contributed by atoms with Gasteiger partial charge in [0.15, 0.2) is 0 Å². The van der Waals surface area contributed by atoms with Crippen LogP contribution in [0.15, 0.2) is 68.8 Å². The first-order chi connectivity index (χ1) is 16.2. The van der Waals surface area contributed by atoms with Gasteiger partial charge in [0, 0.05) is 42.5 Å². The maximum atomic E-state index is 13.2. The molecule has 34 heavy (non-hydrogen) atoms. The van der Waals surface area contributed by atoms with Gasteiger partial charge in [-0.15, -0.1) is 0 Å². The molecule has 0 amide bonds. The van der Waals surface area contributed by atoms with Gasteiger partial charge in [-0.2, -0.15) is 0 Å². The van der Waals surface area contributed by atoms with Crippen LogP contribution in [0.5, 0.6) is 0 Å². The summed E-state index contributed by atoms with van der Waals surface area (Å²) in [6.07, 6.45) is 0.289. The number of aryl methyl sites for hydroxylation is 1. The summed E-state index contributed by atoms with van der Waals surface area (Å²) in [7, 11) is 2.93. The normalized spacial score (nSPS) is 13.2. The molecule has 2 unspecified atom stereocenters. The summed E-state index contributed by atoms with van der Waals surface area (Å²) >= 11 is 3.51. The van der Waals surface area contributed by atoms with Crippen molar-refractivity contribution in [1.82, 2.24) is 13.7 Å². The molecule has 4 aromatic rings. The summed E-state index contributed by atoms with van der Waals surface area (Å²) < 4.78 is 4.60. The summed E-state index contributed by atoms with van der Waals surface area (Å²) in [4.78, 5) is 36.2. The molecule has 0 saturated carbocycles. The molecule has 0 bridgehead atoms. The second kappa shape index (κ2) is 9.01. The van der Waals surface area contributed by atoms with Gasteiger partial charge in [0.05, 0.1) is 34.2 Å². The second-order valence-corrected chi connectivity index (χ2v) is 8.73. The van der Waals surface area contributed by atoms with Gasteiger partial charge in [0.1, 0.15) is 6.10 Å². The number of aliphatic hydroxyl groups excluding tert-OH is 2. The van der Waals surface area contributed by atoms with Gasteiger partial charge in [-0.05, 0) is 23.8 Å². The Bertz CT molecular complexity index is 1520. The molecule has 176 valence electrons. The van der Waals surface area contributed by atoms with Gasteiger partial charge < -0.3 is 14.8 Å². The summed E-state index contributed by atoms with van der Waals surface area (Å²) in [6.45, 7) is -0.509. The number of non-ortho nitro benzene ring substituents is 1. The van der Waals surface area contributed by atoms with E-state index in [2.05, 4.69) is 15.9 Å². The molecular formula is C23H21BrN4O6. The zero-order chi connectivity index (χ0) is 24.7. The van der Waals surface area contributed by atoms with Crippen molar-refractivity contribution in [1.29, 1.82) is 0 Å². The molecule has 10 nitrogen and oxygen atoms in total. The number of aromatic nitrogens is 3. The molecule has 0 radical (unpaired) electrons. The van der Waals surface area contributed by atoms with Crippen LogP contribution in [0.4, 0.5) is 5.69 Å². The highest BCUT2D eigenvalue weighted by molar-refractivity contribution is 9.10. The molecule has 2 aromatic carbocycles. The highest BCUT2D eigenvalue weighted by Crippen LogP contribution is 2.38. The maximum Gasteiger partial charge on any atom is 0.330 e. The number of hydrogen-bond donors (Lipinski definition) is 2. The molecule has 0 fully saturated rings. The van der Waals surface area contributed by atoms with Gasteiger partial charge >= 0.3 is 5.69 Å². The smallest absolute Gasteiger partial charge is 0.330 e. The van der Waals surface area contributed by atoms with E-state index in [9.17, 15) is 29.9 Å². The number of rotatable bonds is 6. The molecule has 2 N–H and O–H groups in total. The Morgan fingerprint density at radius 3 is 2.29 bits per heavy atom. The minimum atomic E-state index is -1.27. The van der Waals surface area contributed by atoms with Crippen LogP contribution in [0.1, 0.15) is 17.7 Å². The number of fused-ring (bicyclic) bond motifs is 1. The van der Waals surface area contributed by atoms with E-state index >= 15 is 0 Å². The van der Waals surface area contributed by atoms with Crippen LogP contribution in [0.3, 0.4) is 0 Å². The lowest BCUT2D eigenvalue weighted by Gasteiger charge is -2.25. The number of benzene rings is 2. The van der Waals surface area contributed by atoms with Crippen molar-refractivity contribution in [2.24, 2.45) is 14.1 Å². The minimum Gasteiger partial charge on any atom is -0.394 e. The summed E-state index contributed by atoms with van der Waals surface area (Å²) in [6, 6.07) is 11.6.